The van der Waals surface area contributed by atoms with E-state index < -0.39 is 10.0 Å². The lowest BCUT2D eigenvalue weighted by atomic mass is 10.2. The molecule has 0 aliphatic rings. The molecule has 0 bridgehead atoms. The van der Waals surface area contributed by atoms with Crippen LogP contribution in [-0.4, -0.2) is 20.6 Å². The minimum atomic E-state index is -3.40. The van der Waals surface area contributed by atoms with Crippen LogP contribution in [0.4, 0.5) is 11.4 Å². The van der Waals surface area contributed by atoms with Crippen LogP contribution in [-0.2, 0) is 10.0 Å². The molecular weight excluding hydrogens is 364 g/mol. The number of sulfonamides is 1. The van der Waals surface area contributed by atoms with Crippen LogP contribution in [0.5, 0.6) is 0 Å². The van der Waals surface area contributed by atoms with Gasteiger partial charge in [0.1, 0.15) is 0 Å². The number of anilines is 2. The molecule has 0 saturated carbocycles. The van der Waals surface area contributed by atoms with Crippen molar-refractivity contribution in [1.82, 2.24) is 0 Å². The van der Waals surface area contributed by atoms with Gasteiger partial charge in [0.05, 0.1) is 27.0 Å². The summed E-state index contributed by atoms with van der Waals surface area (Å²) in [5.41, 5.74) is 1.25. The van der Waals surface area contributed by atoms with Crippen molar-refractivity contribution in [2.24, 2.45) is 0 Å². The highest BCUT2D eigenvalue weighted by Crippen LogP contribution is 2.25. The quantitative estimate of drug-likeness (QED) is 0.862. The maximum atomic E-state index is 12.0. The third kappa shape index (κ3) is 4.06. The Labute approximate surface area is 129 Å². The molecule has 0 spiro atoms. The summed E-state index contributed by atoms with van der Waals surface area (Å²) in [4.78, 5) is 12.0. The van der Waals surface area contributed by atoms with Crippen molar-refractivity contribution in [3.05, 3.63) is 45.1 Å². The van der Waals surface area contributed by atoms with E-state index in [0.717, 1.165) is 10.0 Å². The van der Waals surface area contributed by atoms with E-state index in [1.807, 2.05) is 0 Å². The second-order valence-electron chi connectivity index (χ2n) is 4.01. The molecule has 0 saturated heterocycles. The Morgan fingerprint density at radius 2 is 1.90 bits per heavy atom. The maximum absolute atomic E-state index is 12.0. The summed E-state index contributed by atoms with van der Waals surface area (Å²) >= 11 is 4.69. The Morgan fingerprint density at radius 3 is 2.45 bits per heavy atom. The number of thiophene rings is 1. The van der Waals surface area contributed by atoms with Crippen molar-refractivity contribution >= 4 is 54.6 Å². The fourth-order valence-electron chi connectivity index (χ4n) is 1.50. The van der Waals surface area contributed by atoms with Gasteiger partial charge in [-0.2, -0.15) is 0 Å². The van der Waals surface area contributed by atoms with Crippen LogP contribution >= 0.6 is 27.3 Å². The summed E-state index contributed by atoms with van der Waals surface area (Å²) in [5, 5.41) is 4.40. The lowest BCUT2D eigenvalue weighted by molar-refractivity contribution is 0.102. The van der Waals surface area contributed by atoms with Crippen LogP contribution in [0.2, 0.25) is 0 Å². The number of carbonyl (C=O) groups excluding carboxylic acids is 1. The van der Waals surface area contributed by atoms with E-state index in [9.17, 15) is 13.2 Å². The van der Waals surface area contributed by atoms with Crippen LogP contribution < -0.4 is 10.0 Å². The molecule has 0 radical (unpaired) electrons. The van der Waals surface area contributed by atoms with Gasteiger partial charge < -0.3 is 5.32 Å². The number of amides is 1. The molecule has 1 amide bonds. The van der Waals surface area contributed by atoms with E-state index in [0.29, 0.717) is 16.9 Å². The molecule has 0 atom stereocenters. The third-order valence-corrected chi connectivity index (χ3v) is 4.40. The van der Waals surface area contributed by atoms with Crippen LogP contribution in [0.15, 0.2) is 39.5 Å². The van der Waals surface area contributed by atoms with E-state index in [1.165, 1.54) is 11.3 Å². The van der Waals surface area contributed by atoms with Gasteiger partial charge in [0, 0.05) is 5.38 Å². The Hall–Kier alpha value is -1.38. The van der Waals surface area contributed by atoms with E-state index in [2.05, 4.69) is 26.0 Å². The van der Waals surface area contributed by atoms with Gasteiger partial charge in [0.25, 0.3) is 5.91 Å². The smallest absolute Gasteiger partial charge is 0.256 e. The first-order chi connectivity index (χ1) is 9.35. The Kier molecular flexibility index (Phi) is 4.46. The van der Waals surface area contributed by atoms with E-state index in [4.69, 9.17) is 0 Å². The van der Waals surface area contributed by atoms with Gasteiger partial charge in [-0.05, 0) is 34.1 Å². The van der Waals surface area contributed by atoms with Crippen molar-refractivity contribution in [3.8, 4) is 0 Å². The molecule has 2 rings (SSSR count). The molecule has 5 nitrogen and oxygen atoms in total. The summed E-state index contributed by atoms with van der Waals surface area (Å²) in [5.74, 6) is -0.297. The first-order valence-corrected chi connectivity index (χ1v) is 9.04. The molecule has 1 heterocycles. The molecular formula is C12H11BrN2O3S2. The SMILES string of the molecule is CS(=O)(=O)Nc1ccccc1NC(=O)c1csc(Br)c1. The molecule has 0 unspecified atom stereocenters. The van der Waals surface area contributed by atoms with Gasteiger partial charge in [-0.1, -0.05) is 12.1 Å². The molecule has 2 N–H and O–H groups in total. The zero-order chi connectivity index (χ0) is 14.8. The Morgan fingerprint density at radius 1 is 1.25 bits per heavy atom. The van der Waals surface area contributed by atoms with Gasteiger partial charge in [0.15, 0.2) is 0 Å². The molecule has 2 aromatic rings. The molecule has 1 aromatic carbocycles. The number of halogens is 1. The second-order valence-corrected chi connectivity index (χ2v) is 8.05. The van der Waals surface area contributed by atoms with Crippen LogP contribution in [0.25, 0.3) is 0 Å². The average molecular weight is 375 g/mol. The van der Waals surface area contributed by atoms with Gasteiger partial charge in [-0.25, -0.2) is 8.42 Å². The third-order valence-electron chi connectivity index (χ3n) is 2.30. The van der Waals surface area contributed by atoms with Gasteiger partial charge >= 0.3 is 0 Å². The minimum absolute atomic E-state index is 0.297. The number of para-hydroxylation sites is 2. The predicted molar refractivity (Wildman–Crippen MR) is 84.9 cm³/mol. The van der Waals surface area contributed by atoms with Crippen LogP contribution in [0.3, 0.4) is 0 Å². The largest absolute Gasteiger partial charge is 0.320 e. The first-order valence-electron chi connectivity index (χ1n) is 5.47. The molecule has 20 heavy (non-hydrogen) atoms. The van der Waals surface area contributed by atoms with Crippen molar-refractivity contribution in [3.63, 3.8) is 0 Å². The maximum Gasteiger partial charge on any atom is 0.256 e. The first kappa shape index (κ1) is 15.0. The average Bonchev–Trinajstić information content (AvgIpc) is 2.77. The van der Waals surface area contributed by atoms with Crippen LogP contribution in [0, 0.1) is 0 Å². The van der Waals surface area contributed by atoms with Crippen molar-refractivity contribution < 1.29 is 13.2 Å². The zero-order valence-electron chi connectivity index (χ0n) is 10.4. The second kappa shape index (κ2) is 5.94. The number of carbonyl (C=O) groups is 1. The van der Waals surface area contributed by atoms with Crippen molar-refractivity contribution in [1.29, 1.82) is 0 Å². The Bertz CT molecular complexity index is 741. The topological polar surface area (TPSA) is 75.3 Å². The van der Waals surface area contributed by atoms with Crippen molar-refractivity contribution in [2.75, 3.05) is 16.3 Å². The highest BCUT2D eigenvalue weighted by Gasteiger charge is 2.12. The van der Waals surface area contributed by atoms with Gasteiger partial charge in [-0.15, -0.1) is 11.3 Å². The minimum Gasteiger partial charge on any atom is -0.320 e. The molecule has 1 aromatic heterocycles. The monoisotopic (exact) mass is 374 g/mol. The lowest BCUT2D eigenvalue weighted by Gasteiger charge is -2.11. The number of nitrogens with one attached hydrogen (secondary N) is 2. The fraction of sp³-hybridized carbons (Fsp3) is 0.0833. The zero-order valence-corrected chi connectivity index (χ0v) is 13.6. The highest BCUT2D eigenvalue weighted by atomic mass is 79.9. The van der Waals surface area contributed by atoms with E-state index >= 15 is 0 Å². The summed E-state index contributed by atoms with van der Waals surface area (Å²) in [7, 11) is -3.40. The number of hydrogen-bond acceptors (Lipinski definition) is 4. The predicted octanol–water partition coefficient (Wildman–Crippen LogP) is 3.13. The molecule has 0 aliphatic heterocycles. The molecule has 8 heteroatoms. The molecule has 0 aliphatic carbocycles. The number of benzene rings is 1. The lowest BCUT2D eigenvalue weighted by Crippen LogP contribution is -2.15. The summed E-state index contributed by atoms with van der Waals surface area (Å²) in [6, 6.07) is 8.32. The molecule has 106 valence electrons. The van der Waals surface area contributed by atoms with Crippen LogP contribution in [0.1, 0.15) is 10.4 Å². The van der Waals surface area contributed by atoms with Gasteiger partial charge in [0.2, 0.25) is 10.0 Å². The highest BCUT2D eigenvalue weighted by molar-refractivity contribution is 9.11. The van der Waals surface area contributed by atoms with E-state index in [-0.39, 0.29) is 5.91 Å². The summed E-state index contributed by atoms with van der Waals surface area (Å²) in [6.45, 7) is 0. The Balaban J connectivity index is 2.23. The van der Waals surface area contributed by atoms with E-state index in [1.54, 1.807) is 35.7 Å². The number of hydrogen-bond donors (Lipinski definition) is 2. The summed E-state index contributed by atoms with van der Waals surface area (Å²) < 4.78 is 25.8. The van der Waals surface area contributed by atoms with Crippen molar-refractivity contribution in [2.45, 2.75) is 0 Å². The fourth-order valence-corrected chi connectivity index (χ4v) is 3.22. The normalized spacial score (nSPS) is 11.1. The standard InChI is InChI=1S/C12H11BrN2O3S2/c1-20(17,18)15-10-5-3-2-4-9(10)14-12(16)8-6-11(13)19-7-8/h2-7,15H,1H3,(H,14,16). The van der Waals surface area contributed by atoms with Gasteiger partial charge in [-0.3, -0.25) is 9.52 Å². The number of rotatable bonds is 4. The summed E-state index contributed by atoms with van der Waals surface area (Å²) in [6.07, 6.45) is 1.06. The molecule has 0 fully saturated rings.